The van der Waals surface area contributed by atoms with Gasteiger partial charge >= 0.3 is 6.09 Å². The molecule has 0 aliphatic heterocycles. The third-order valence-corrected chi connectivity index (χ3v) is 2.42. The third kappa shape index (κ3) is 5.33. The maximum atomic E-state index is 11.4. The van der Waals surface area contributed by atoms with Crippen LogP contribution in [0.4, 0.5) is 4.79 Å². The second kappa shape index (κ2) is 6.97. The fourth-order valence-corrected chi connectivity index (χ4v) is 1.56. The lowest BCUT2D eigenvalue weighted by Crippen LogP contribution is -2.32. The van der Waals surface area contributed by atoms with Crippen molar-refractivity contribution >= 4 is 24.0 Å². The summed E-state index contributed by atoms with van der Waals surface area (Å²) in [4.78, 5) is 22.2. The summed E-state index contributed by atoms with van der Waals surface area (Å²) in [6, 6.07) is 4.96. The van der Waals surface area contributed by atoms with Crippen molar-refractivity contribution in [3.63, 3.8) is 0 Å². The predicted molar refractivity (Wildman–Crippen MR) is 78.0 cm³/mol. The van der Waals surface area contributed by atoms with Crippen molar-refractivity contribution in [2.45, 2.75) is 26.4 Å². The molecular formula is C15H16ClNO3. The van der Waals surface area contributed by atoms with E-state index in [2.05, 4.69) is 17.2 Å². The van der Waals surface area contributed by atoms with Crippen molar-refractivity contribution in [1.29, 1.82) is 0 Å². The maximum Gasteiger partial charge on any atom is 0.408 e. The van der Waals surface area contributed by atoms with Crippen molar-refractivity contribution < 1.29 is 14.3 Å². The maximum absolute atomic E-state index is 11.4. The van der Waals surface area contributed by atoms with Crippen LogP contribution in [0.25, 0.3) is 0 Å². The number of hydrogen-bond donors (Lipinski definition) is 1. The van der Waals surface area contributed by atoms with Crippen LogP contribution in [-0.2, 0) is 4.74 Å². The van der Waals surface area contributed by atoms with Gasteiger partial charge in [0, 0.05) is 5.56 Å². The molecule has 1 aromatic rings. The van der Waals surface area contributed by atoms with Gasteiger partial charge in [-0.2, -0.15) is 0 Å². The van der Waals surface area contributed by atoms with Gasteiger partial charge in [-0.25, -0.2) is 4.79 Å². The van der Waals surface area contributed by atoms with E-state index in [0.717, 1.165) is 0 Å². The number of rotatable bonds is 2. The minimum Gasteiger partial charge on any atom is -0.444 e. The molecule has 1 amide bonds. The number of carbonyl (C=O) groups excluding carboxylic acids is 2. The first-order valence-corrected chi connectivity index (χ1v) is 6.40. The zero-order valence-corrected chi connectivity index (χ0v) is 12.4. The topological polar surface area (TPSA) is 55.4 Å². The fourth-order valence-electron chi connectivity index (χ4n) is 1.33. The summed E-state index contributed by atoms with van der Waals surface area (Å²) in [5.41, 5.74) is 0.322. The monoisotopic (exact) mass is 293 g/mol. The molecule has 0 atom stereocenters. The van der Waals surface area contributed by atoms with Crippen LogP contribution in [0.3, 0.4) is 0 Å². The Kier molecular flexibility index (Phi) is 5.60. The molecule has 1 aromatic carbocycles. The largest absolute Gasteiger partial charge is 0.444 e. The van der Waals surface area contributed by atoms with E-state index in [4.69, 9.17) is 16.3 Å². The number of carbonyl (C=O) groups is 2. The number of nitrogens with one attached hydrogen (secondary N) is 1. The van der Waals surface area contributed by atoms with Crippen LogP contribution >= 0.6 is 11.6 Å². The number of alkyl carbamates (subject to hydrolysis) is 1. The number of amides is 1. The summed E-state index contributed by atoms with van der Waals surface area (Å²) in [7, 11) is 0. The van der Waals surface area contributed by atoms with Crippen LogP contribution < -0.4 is 5.32 Å². The highest BCUT2D eigenvalue weighted by molar-refractivity contribution is 6.32. The summed E-state index contributed by atoms with van der Waals surface area (Å²) in [6.45, 7) is 5.44. The number of benzene rings is 1. The lowest BCUT2D eigenvalue weighted by atomic mass is 10.1. The molecule has 0 aromatic heterocycles. The Morgan fingerprint density at radius 2 is 2.15 bits per heavy atom. The van der Waals surface area contributed by atoms with Gasteiger partial charge < -0.3 is 10.1 Å². The van der Waals surface area contributed by atoms with Crippen LogP contribution in [0.1, 0.15) is 36.7 Å². The number of aldehydes is 1. The third-order valence-electron chi connectivity index (χ3n) is 2.11. The molecule has 0 bridgehead atoms. The van der Waals surface area contributed by atoms with Gasteiger partial charge in [-0.15, -0.1) is 0 Å². The van der Waals surface area contributed by atoms with Crippen molar-refractivity contribution in [1.82, 2.24) is 5.32 Å². The van der Waals surface area contributed by atoms with Gasteiger partial charge in [0.05, 0.1) is 17.1 Å². The first-order chi connectivity index (χ1) is 9.33. The van der Waals surface area contributed by atoms with Gasteiger partial charge in [-0.3, -0.25) is 4.79 Å². The Morgan fingerprint density at radius 1 is 1.45 bits per heavy atom. The van der Waals surface area contributed by atoms with E-state index in [1.54, 1.807) is 39.0 Å². The van der Waals surface area contributed by atoms with Gasteiger partial charge in [0.2, 0.25) is 0 Å². The molecule has 4 nitrogen and oxygen atoms in total. The number of halogens is 1. The minimum atomic E-state index is -0.551. The molecule has 0 unspecified atom stereocenters. The van der Waals surface area contributed by atoms with E-state index in [1.807, 2.05) is 0 Å². The van der Waals surface area contributed by atoms with Crippen molar-refractivity contribution in [3.8, 4) is 11.8 Å². The van der Waals surface area contributed by atoms with E-state index in [1.165, 1.54) is 0 Å². The van der Waals surface area contributed by atoms with Crippen LogP contribution in [0.5, 0.6) is 0 Å². The van der Waals surface area contributed by atoms with Crippen molar-refractivity contribution in [2.24, 2.45) is 0 Å². The molecule has 0 saturated carbocycles. The molecule has 0 spiro atoms. The molecule has 1 rings (SSSR count). The molecule has 5 heteroatoms. The number of ether oxygens (including phenoxy) is 1. The molecule has 0 heterocycles. The lowest BCUT2D eigenvalue weighted by molar-refractivity contribution is 0.0535. The summed E-state index contributed by atoms with van der Waals surface area (Å²) < 4.78 is 5.06. The fraction of sp³-hybridized carbons (Fsp3) is 0.333. The van der Waals surface area contributed by atoms with E-state index < -0.39 is 11.7 Å². The molecule has 0 saturated heterocycles. The minimum absolute atomic E-state index is 0.110. The highest BCUT2D eigenvalue weighted by atomic mass is 35.5. The van der Waals surface area contributed by atoms with Gasteiger partial charge in [-0.1, -0.05) is 35.6 Å². The highest BCUT2D eigenvalue weighted by Crippen LogP contribution is 2.17. The molecule has 20 heavy (non-hydrogen) atoms. The SMILES string of the molecule is CC(C)(C)OC(=O)NCC#Cc1c(Cl)cccc1C=O. The van der Waals surface area contributed by atoms with Crippen LogP contribution in [0.2, 0.25) is 5.02 Å². The average Bonchev–Trinajstić information content (AvgIpc) is 2.33. The first-order valence-electron chi connectivity index (χ1n) is 6.03. The predicted octanol–water partition coefficient (Wildman–Crippen LogP) is 3.03. The normalized spacial score (nSPS) is 10.2. The smallest absolute Gasteiger partial charge is 0.408 e. The second-order valence-electron chi connectivity index (χ2n) is 4.98. The van der Waals surface area contributed by atoms with E-state index >= 15 is 0 Å². The Balaban J connectivity index is 2.64. The zero-order valence-electron chi connectivity index (χ0n) is 11.6. The van der Waals surface area contributed by atoms with Gasteiger partial charge in [-0.05, 0) is 26.8 Å². The first kappa shape index (κ1) is 16.1. The second-order valence-corrected chi connectivity index (χ2v) is 5.39. The molecule has 0 radical (unpaired) electrons. The van der Waals surface area contributed by atoms with Crippen LogP contribution in [-0.4, -0.2) is 24.5 Å². The Hall–Kier alpha value is -1.99. The van der Waals surface area contributed by atoms with Gasteiger partial charge in [0.15, 0.2) is 6.29 Å². The molecule has 1 N–H and O–H groups in total. The average molecular weight is 294 g/mol. The van der Waals surface area contributed by atoms with Gasteiger partial charge in [0.1, 0.15) is 5.60 Å². The molecule has 106 valence electrons. The van der Waals surface area contributed by atoms with Crippen molar-refractivity contribution in [2.75, 3.05) is 6.54 Å². The summed E-state index contributed by atoms with van der Waals surface area (Å²) in [5, 5.41) is 2.90. The van der Waals surface area contributed by atoms with Crippen LogP contribution in [0.15, 0.2) is 18.2 Å². The zero-order chi connectivity index (χ0) is 15.2. The van der Waals surface area contributed by atoms with E-state index in [0.29, 0.717) is 22.4 Å². The van der Waals surface area contributed by atoms with E-state index in [9.17, 15) is 9.59 Å². The summed E-state index contributed by atoms with van der Waals surface area (Å²) in [5.74, 6) is 5.50. The summed E-state index contributed by atoms with van der Waals surface area (Å²) >= 11 is 5.96. The molecule has 0 aliphatic carbocycles. The van der Waals surface area contributed by atoms with E-state index in [-0.39, 0.29) is 6.54 Å². The lowest BCUT2D eigenvalue weighted by Gasteiger charge is -2.19. The molecule has 0 fully saturated rings. The Bertz CT molecular complexity index is 565. The standard InChI is InChI=1S/C15H16ClNO3/c1-15(2,3)20-14(19)17-9-5-7-12-11(10-18)6-4-8-13(12)16/h4,6,8,10H,9H2,1-3H3,(H,17,19). The number of hydrogen-bond acceptors (Lipinski definition) is 3. The summed E-state index contributed by atoms with van der Waals surface area (Å²) in [6.07, 6.45) is 0.151. The van der Waals surface area contributed by atoms with Crippen LogP contribution in [0, 0.1) is 11.8 Å². The Morgan fingerprint density at radius 3 is 2.75 bits per heavy atom. The quantitative estimate of drug-likeness (QED) is 0.673. The Labute approximate surface area is 123 Å². The molecule has 0 aliphatic rings. The highest BCUT2D eigenvalue weighted by Gasteiger charge is 2.15. The van der Waals surface area contributed by atoms with Gasteiger partial charge in [0.25, 0.3) is 0 Å². The molecular weight excluding hydrogens is 278 g/mol. The van der Waals surface area contributed by atoms with Crippen molar-refractivity contribution in [3.05, 3.63) is 34.3 Å².